The number of nitrogens with zero attached hydrogens (tertiary/aromatic N) is 2. The number of hydrogen-bond acceptors (Lipinski definition) is 4. The lowest BCUT2D eigenvalue weighted by atomic mass is 9.98. The van der Waals surface area contributed by atoms with E-state index in [1.807, 2.05) is 0 Å². The van der Waals surface area contributed by atoms with Gasteiger partial charge in [-0.3, -0.25) is 4.79 Å². The van der Waals surface area contributed by atoms with Crippen LogP contribution in [0.4, 0.5) is 0 Å². The highest BCUT2D eigenvalue weighted by Gasteiger charge is 2.23. The highest BCUT2D eigenvalue weighted by molar-refractivity contribution is 5.92. The van der Waals surface area contributed by atoms with Crippen LogP contribution < -0.4 is 5.73 Å². The van der Waals surface area contributed by atoms with Gasteiger partial charge in [-0.15, -0.1) is 0 Å². The van der Waals surface area contributed by atoms with E-state index >= 15 is 0 Å². The summed E-state index contributed by atoms with van der Waals surface area (Å²) in [5.74, 6) is 5.88. The van der Waals surface area contributed by atoms with Gasteiger partial charge in [-0.25, -0.2) is 4.98 Å². The molecule has 0 bridgehead atoms. The van der Waals surface area contributed by atoms with Gasteiger partial charge in [0.25, 0.3) is 5.91 Å². The Labute approximate surface area is 118 Å². The van der Waals surface area contributed by atoms with Gasteiger partial charge in [0, 0.05) is 31.5 Å². The molecule has 0 aromatic carbocycles. The molecule has 0 saturated carbocycles. The van der Waals surface area contributed by atoms with Crippen LogP contribution in [0.15, 0.2) is 18.3 Å². The second-order valence-corrected chi connectivity index (χ2v) is 4.86. The minimum Gasteiger partial charge on any atom is -0.396 e. The molecular formula is C15H19N3O2. The van der Waals surface area contributed by atoms with E-state index in [0.29, 0.717) is 31.2 Å². The maximum atomic E-state index is 12.3. The van der Waals surface area contributed by atoms with Crippen LogP contribution in [0.1, 0.15) is 28.9 Å². The number of nitrogens with two attached hydrogens (primary N) is 1. The van der Waals surface area contributed by atoms with Crippen molar-refractivity contribution in [2.75, 3.05) is 26.2 Å². The van der Waals surface area contributed by atoms with Crippen molar-refractivity contribution in [3.05, 3.63) is 29.6 Å². The first kappa shape index (κ1) is 14.5. The molecule has 2 heterocycles. The maximum Gasteiger partial charge on any atom is 0.272 e. The summed E-state index contributed by atoms with van der Waals surface area (Å²) in [5.41, 5.74) is 6.49. The molecule has 1 aromatic heterocycles. The smallest absolute Gasteiger partial charge is 0.272 e. The molecule has 1 saturated heterocycles. The fraction of sp³-hybridized carbons (Fsp3) is 0.467. The minimum absolute atomic E-state index is 0.0558. The average molecular weight is 273 g/mol. The Kier molecular flexibility index (Phi) is 5.10. The number of carbonyl (C=O) groups excluding carboxylic acids is 1. The van der Waals surface area contributed by atoms with Gasteiger partial charge in [0.1, 0.15) is 5.69 Å². The average Bonchev–Trinajstić information content (AvgIpc) is 2.53. The van der Waals surface area contributed by atoms with E-state index in [9.17, 15) is 4.79 Å². The number of likely N-dealkylation sites (tertiary alicyclic amines) is 1. The monoisotopic (exact) mass is 273 g/mol. The molecule has 3 N–H and O–H groups in total. The van der Waals surface area contributed by atoms with Crippen LogP contribution in [0, 0.1) is 17.8 Å². The minimum atomic E-state index is -0.0558. The molecule has 106 valence electrons. The number of hydrogen-bond donors (Lipinski definition) is 2. The van der Waals surface area contributed by atoms with Gasteiger partial charge in [0.2, 0.25) is 0 Å². The second kappa shape index (κ2) is 7.04. The van der Waals surface area contributed by atoms with E-state index in [1.54, 1.807) is 23.2 Å². The predicted octanol–water partition coefficient (Wildman–Crippen LogP) is 0.236. The van der Waals surface area contributed by atoms with E-state index in [1.165, 1.54) is 0 Å². The Hall–Kier alpha value is -1.90. The van der Waals surface area contributed by atoms with Crippen molar-refractivity contribution in [1.82, 2.24) is 9.88 Å². The SMILES string of the molecule is NCC#Cc1ccc(C(=O)N2CCC(CO)CC2)nc1. The van der Waals surface area contributed by atoms with Crippen molar-refractivity contribution in [1.29, 1.82) is 0 Å². The van der Waals surface area contributed by atoms with Gasteiger partial charge in [-0.1, -0.05) is 11.8 Å². The first-order valence-corrected chi connectivity index (χ1v) is 6.79. The Morgan fingerprint density at radius 2 is 2.20 bits per heavy atom. The first-order chi connectivity index (χ1) is 9.74. The molecule has 1 fully saturated rings. The largest absolute Gasteiger partial charge is 0.396 e. The Morgan fingerprint density at radius 3 is 2.75 bits per heavy atom. The first-order valence-electron chi connectivity index (χ1n) is 6.79. The number of aliphatic hydroxyl groups is 1. The van der Waals surface area contributed by atoms with Crippen molar-refractivity contribution < 1.29 is 9.90 Å². The Balaban J connectivity index is 1.99. The molecule has 5 nitrogen and oxygen atoms in total. The fourth-order valence-electron chi connectivity index (χ4n) is 2.23. The molecule has 0 atom stereocenters. The molecular weight excluding hydrogens is 254 g/mol. The van der Waals surface area contributed by atoms with Crippen LogP contribution in [0.25, 0.3) is 0 Å². The number of carbonyl (C=O) groups is 1. The summed E-state index contributed by atoms with van der Waals surface area (Å²) in [5, 5.41) is 9.10. The van der Waals surface area contributed by atoms with Gasteiger partial charge >= 0.3 is 0 Å². The molecule has 1 aliphatic heterocycles. The lowest BCUT2D eigenvalue weighted by molar-refractivity contribution is 0.0645. The van der Waals surface area contributed by atoms with E-state index < -0.39 is 0 Å². The topological polar surface area (TPSA) is 79.5 Å². The van der Waals surface area contributed by atoms with Gasteiger partial charge in [0.05, 0.1) is 6.54 Å². The molecule has 20 heavy (non-hydrogen) atoms. The Morgan fingerprint density at radius 1 is 1.45 bits per heavy atom. The summed E-state index contributed by atoms with van der Waals surface area (Å²) in [7, 11) is 0. The summed E-state index contributed by atoms with van der Waals surface area (Å²) < 4.78 is 0. The second-order valence-electron chi connectivity index (χ2n) is 4.86. The third-order valence-corrected chi connectivity index (χ3v) is 3.48. The third-order valence-electron chi connectivity index (χ3n) is 3.48. The van der Waals surface area contributed by atoms with Crippen LogP contribution in [-0.2, 0) is 0 Å². The zero-order valence-corrected chi connectivity index (χ0v) is 11.4. The fourth-order valence-corrected chi connectivity index (χ4v) is 2.23. The van der Waals surface area contributed by atoms with Crippen LogP contribution in [-0.4, -0.2) is 47.1 Å². The number of aromatic nitrogens is 1. The molecule has 2 rings (SSSR count). The zero-order valence-electron chi connectivity index (χ0n) is 11.4. The summed E-state index contributed by atoms with van der Waals surface area (Å²) in [4.78, 5) is 18.2. The van der Waals surface area contributed by atoms with Crippen molar-refractivity contribution >= 4 is 5.91 Å². The zero-order chi connectivity index (χ0) is 14.4. The van der Waals surface area contributed by atoms with Gasteiger partial charge in [-0.05, 0) is 30.9 Å². The highest BCUT2D eigenvalue weighted by atomic mass is 16.3. The summed E-state index contributed by atoms with van der Waals surface area (Å²) in [6, 6.07) is 3.48. The molecule has 5 heteroatoms. The predicted molar refractivity (Wildman–Crippen MR) is 75.9 cm³/mol. The van der Waals surface area contributed by atoms with Crippen molar-refractivity contribution in [3.63, 3.8) is 0 Å². The lowest BCUT2D eigenvalue weighted by Crippen LogP contribution is -2.39. The summed E-state index contributed by atoms with van der Waals surface area (Å²) in [6.07, 6.45) is 3.29. The number of pyridine rings is 1. The summed E-state index contributed by atoms with van der Waals surface area (Å²) in [6.45, 7) is 1.87. The molecule has 0 radical (unpaired) electrons. The quantitative estimate of drug-likeness (QED) is 0.756. The standard InChI is InChI=1S/C15H19N3O2/c16-7-1-2-12-3-4-14(17-10-12)15(20)18-8-5-13(11-19)6-9-18/h3-4,10,13,19H,5-9,11,16H2. The van der Waals surface area contributed by atoms with Gasteiger partial charge in [0.15, 0.2) is 0 Å². The number of amides is 1. The number of piperidine rings is 1. The normalized spacial score (nSPS) is 15.6. The van der Waals surface area contributed by atoms with E-state index in [2.05, 4.69) is 16.8 Å². The lowest BCUT2D eigenvalue weighted by Gasteiger charge is -2.30. The molecule has 0 spiro atoms. The van der Waals surface area contributed by atoms with Crippen molar-refractivity contribution in [2.45, 2.75) is 12.8 Å². The van der Waals surface area contributed by atoms with Crippen molar-refractivity contribution in [3.8, 4) is 11.8 Å². The number of aliphatic hydroxyl groups excluding tert-OH is 1. The van der Waals surface area contributed by atoms with Gasteiger partial charge < -0.3 is 15.7 Å². The highest BCUT2D eigenvalue weighted by Crippen LogP contribution is 2.17. The number of rotatable bonds is 2. The molecule has 1 aromatic rings. The molecule has 1 amide bonds. The third kappa shape index (κ3) is 3.56. The van der Waals surface area contributed by atoms with Crippen molar-refractivity contribution in [2.24, 2.45) is 11.7 Å². The molecule has 1 aliphatic rings. The molecule has 0 unspecified atom stereocenters. The van der Waals surface area contributed by atoms with Crippen LogP contribution in [0.5, 0.6) is 0 Å². The van der Waals surface area contributed by atoms with E-state index in [0.717, 1.165) is 18.4 Å². The van der Waals surface area contributed by atoms with Crippen LogP contribution in [0.3, 0.4) is 0 Å². The van der Waals surface area contributed by atoms with E-state index in [4.69, 9.17) is 10.8 Å². The Bertz CT molecular complexity index is 508. The van der Waals surface area contributed by atoms with Gasteiger partial charge in [-0.2, -0.15) is 0 Å². The maximum absolute atomic E-state index is 12.3. The van der Waals surface area contributed by atoms with Crippen LogP contribution in [0.2, 0.25) is 0 Å². The molecule has 0 aliphatic carbocycles. The van der Waals surface area contributed by atoms with Crippen LogP contribution >= 0.6 is 0 Å². The van der Waals surface area contributed by atoms with E-state index in [-0.39, 0.29) is 12.5 Å². The summed E-state index contributed by atoms with van der Waals surface area (Å²) >= 11 is 0.